The number of carbonyl (C=O) groups is 1. The van der Waals surface area contributed by atoms with Crippen LogP contribution in [-0.2, 0) is 36.7 Å². The molecule has 0 amide bonds. The van der Waals surface area contributed by atoms with Crippen LogP contribution in [0.25, 0.3) is 43.9 Å². The minimum absolute atomic E-state index is 0. The van der Waals surface area contributed by atoms with Gasteiger partial charge in [-0.3, -0.25) is 9.78 Å². The van der Waals surface area contributed by atoms with Gasteiger partial charge in [-0.25, -0.2) is 0 Å². The SMILES string of the molecule is CCC(CC)C(=O)/C=C(\O)C(CC)CC.Cc1c2c([c-]c3ccccc13)-c1nc3ccccc3c3oc(CC(C)(C)C)c(c13)C2(C)C.[Ir]. The maximum absolute atomic E-state index is 11.7. The quantitative estimate of drug-likeness (QED) is 0.0962. The monoisotopic (exact) mass is 823 g/mol. The molecule has 257 valence electrons. The summed E-state index contributed by atoms with van der Waals surface area (Å²) >= 11 is 0. The molecule has 1 N–H and O–H groups in total. The van der Waals surface area contributed by atoms with E-state index in [1.165, 1.54) is 33.5 Å². The number of benzene rings is 3. The van der Waals surface area contributed by atoms with E-state index in [-0.39, 0.29) is 54.3 Å². The van der Waals surface area contributed by atoms with Crippen molar-refractivity contribution in [3.05, 3.63) is 88.9 Å². The van der Waals surface area contributed by atoms with Gasteiger partial charge in [-0.2, -0.15) is 0 Å². The van der Waals surface area contributed by atoms with Crippen LogP contribution >= 0.6 is 0 Å². The van der Waals surface area contributed by atoms with Gasteiger partial charge in [0, 0.05) is 60.9 Å². The largest absolute Gasteiger partial charge is 0.512 e. The summed E-state index contributed by atoms with van der Waals surface area (Å²) in [6, 6.07) is 20.7. The Kier molecular flexibility index (Phi) is 11.5. The molecule has 3 aromatic carbocycles. The van der Waals surface area contributed by atoms with E-state index in [4.69, 9.17) is 9.40 Å². The number of hydrogen-bond acceptors (Lipinski definition) is 4. The van der Waals surface area contributed by atoms with Crippen LogP contribution in [0.15, 0.2) is 64.8 Å². The Morgan fingerprint density at radius 1 is 0.917 bits per heavy atom. The fraction of sp³-hybridized carbons (Fsp3) is 0.442. The van der Waals surface area contributed by atoms with Crippen molar-refractivity contribution in [3.63, 3.8) is 0 Å². The summed E-state index contributed by atoms with van der Waals surface area (Å²) in [6.45, 7) is 21.8. The van der Waals surface area contributed by atoms with E-state index < -0.39 is 0 Å². The van der Waals surface area contributed by atoms with E-state index in [0.29, 0.717) is 0 Å². The van der Waals surface area contributed by atoms with Crippen molar-refractivity contribution in [3.8, 4) is 11.3 Å². The minimum atomic E-state index is -0.205. The summed E-state index contributed by atoms with van der Waals surface area (Å²) in [5.74, 6) is 1.64. The van der Waals surface area contributed by atoms with Gasteiger partial charge in [0.25, 0.3) is 0 Å². The molecule has 1 aliphatic rings. The van der Waals surface area contributed by atoms with E-state index in [1.54, 1.807) is 0 Å². The van der Waals surface area contributed by atoms with Gasteiger partial charge in [0.2, 0.25) is 0 Å². The number of para-hydroxylation sites is 1. The van der Waals surface area contributed by atoms with Crippen LogP contribution in [0, 0.1) is 30.2 Å². The first-order chi connectivity index (χ1) is 22.3. The number of allylic oxidation sites excluding steroid dienone is 2. The molecule has 1 radical (unpaired) electrons. The number of rotatable bonds is 8. The van der Waals surface area contributed by atoms with E-state index in [1.807, 2.05) is 27.7 Å². The first-order valence-electron chi connectivity index (χ1n) is 17.5. The van der Waals surface area contributed by atoms with Crippen LogP contribution in [0.1, 0.15) is 110 Å². The Hall–Kier alpha value is -3.27. The second-order valence-corrected chi connectivity index (χ2v) is 15.0. The predicted molar refractivity (Wildman–Crippen MR) is 197 cm³/mol. The molecule has 1 aliphatic carbocycles. The van der Waals surface area contributed by atoms with Crippen LogP contribution in [0.5, 0.6) is 0 Å². The number of pyridine rings is 1. The first kappa shape index (κ1) is 37.5. The number of fused-ring (bicyclic) bond motifs is 5. The Morgan fingerprint density at radius 3 is 2.10 bits per heavy atom. The van der Waals surface area contributed by atoms with Gasteiger partial charge in [0.15, 0.2) is 5.78 Å². The summed E-state index contributed by atoms with van der Waals surface area (Å²) in [6.07, 6.45) is 5.79. The maximum atomic E-state index is 11.7. The van der Waals surface area contributed by atoms with Gasteiger partial charge < -0.3 is 9.52 Å². The molecule has 0 saturated heterocycles. The predicted octanol–water partition coefficient (Wildman–Crippen LogP) is 12.0. The Balaban J connectivity index is 0.000000279. The van der Waals surface area contributed by atoms with Crippen molar-refractivity contribution in [1.82, 2.24) is 4.98 Å². The normalized spacial score (nSPS) is 13.9. The molecule has 0 saturated carbocycles. The van der Waals surface area contributed by atoms with Gasteiger partial charge in [-0.15, -0.1) is 23.1 Å². The van der Waals surface area contributed by atoms with Crippen LogP contribution < -0.4 is 0 Å². The maximum Gasteiger partial charge on any atom is 0.162 e. The topological polar surface area (TPSA) is 63.3 Å². The molecular formula is C43H52IrNO3-. The van der Waals surface area contributed by atoms with Gasteiger partial charge in [0.05, 0.1) is 11.3 Å². The number of aryl methyl sites for hydroxylation is 1. The van der Waals surface area contributed by atoms with Crippen molar-refractivity contribution in [2.45, 2.75) is 107 Å². The fourth-order valence-corrected chi connectivity index (χ4v) is 7.58. The molecule has 0 spiro atoms. The molecule has 6 rings (SSSR count). The summed E-state index contributed by atoms with van der Waals surface area (Å²) < 4.78 is 6.75. The molecule has 5 aromatic rings. The number of aromatic nitrogens is 1. The first-order valence-corrected chi connectivity index (χ1v) is 17.5. The van der Waals surface area contributed by atoms with E-state index in [0.717, 1.165) is 71.0 Å². The van der Waals surface area contributed by atoms with Gasteiger partial charge in [-0.1, -0.05) is 116 Å². The Bertz CT molecular complexity index is 1970. The van der Waals surface area contributed by atoms with Crippen LogP contribution in [0.4, 0.5) is 0 Å². The zero-order valence-electron chi connectivity index (χ0n) is 30.4. The average molecular weight is 823 g/mol. The second-order valence-electron chi connectivity index (χ2n) is 15.0. The molecule has 0 atom stereocenters. The van der Waals surface area contributed by atoms with Gasteiger partial charge >= 0.3 is 0 Å². The van der Waals surface area contributed by atoms with E-state index >= 15 is 0 Å². The van der Waals surface area contributed by atoms with E-state index in [9.17, 15) is 9.90 Å². The molecular weight excluding hydrogens is 771 g/mol. The molecule has 2 aromatic heterocycles. The smallest absolute Gasteiger partial charge is 0.162 e. The van der Waals surface area contributed by atoms with Crippen molar-refractivity contribution < 1.29 is 34.4 Å². The summed E-state index contributed by atoms with van der Waals surface area (Å²) in [5.41, 5.74) is 7.94. The number of hydrogen-bond donors (Lipinski definition) is 1. The number of nitrogens with zero attached hydrogens (tertiary/aromatic N) is 1. The molecule has 4 nitrogen and oxygen atoms in total. The average Bonchev–Trinajstić information content (AvgIpc) is 3.40. The van der Waals surface area contributed by atoms with Crippen molar-refractivity contribution in [2.24, 2.45) is 17.3 Å². The molecule has 0 unspecified atom stereocenters. The van der Waals surface area contributed by atoms with Crippen molar-refractivity contribution in [1.29, 1.82) is 0 Å². The van der Waals surface area contributed by atoms with Crippen LogP contribution in [-0.4, -0.2) is 15.9 Å². The Morgan fingerprint density at radius 2 is 1.50 bits per heavy atom. The number of aliphatic hydroxyl groups excluding tert-OH is 1. The molecule has 48 heavy (non-hydrogen) atoms. The number of carbonyl (C=O) groups excluding carboxylic acids is 1. The Labute approximate surface area is 300 Å². The second kappa shape index (κ2) is 14.7. The standard InChI is InChI=1S/C30H28NO.C13H24O2.Ir/c1-17-19-12-8-7-11-18(19)15-21-25(17)30(5,6)26-23(16-29(2,3)4)32-28-20-13-9-10-14-22(20)31-27(21)24(26)28;1-5-10(6-2)12(14)9-13(15)11(7-3)8-4;/h7-14H,16H2,1-6H3;9-11,14H,5-8H2,1-4H3;/q-1;;/b;12-9-;. The summed E-state index contributed by atoms with van der Waals surface area (Å²) in [4.78, 5) is 16.9. The molecule has 2 heterocycles. The van der Waals surface area contributed by atoms with Crippen molar-refractivity contribution >= 4 is 38.4 Å². The molecule has 0 bridgehead atoms. The molecule has 0 aliphatic heterocycles. The van der Waals surface area contributed by atoms with Crippen LogP contribution in [0.2, 0.25) is 0 Å². The third kappa shape index (κ3) is 6.92. The van der Waals surface area contributed by atoms with Gasteiger partial charge in [0.1, 0.15) is 11.3 Å². The minimum Gasteiger partial charge on any atom is -0.512 e. The number of aliphatic hydroxyl groups is 1. The van der Waals surface area contributed by atoms with E-state index in [2.05, 4.69) is 96.1 Å². The summed E-state index contributed by atoms with van der Waals surface area (Å²) in [5, 5.41) is 14.4. The zero-order chi connectivity index (χ0) is 34.3. The molecule has 0 fully saturated rings. The van der Waals surface area contributed by atoms with Crippen LogP contribution in [0.3, 0.4) is 0 Å². The molecule has 5 heteroatoms. The third-order valence-electron chi connectivity index (χ3n) is 10.1. The van der Waals surface area contributed by atoms with Crippen molar-refractivity contribution in [2.75, 3.05) is 0 Å². The number of ketones is 1. The van der Waals surface area contributed by atoms with Gasteiger partial charge in [-0.05, 0) is 54.2 Å². The summed E-state index contributed by atoms with van der Waals surface area (Å²) in [7, 11) is 0. The fourth-order valence-electron chi connectivity index (χ4n) is 7.58. The number of furan rings is 1. The third-order valence-corrected chi connectivity index (χ3v) is 10.1. The zero-order valence-corrected chi connectivity index (χ0v) is 32.8.